The molecule has 0 radical (unpaired) electrons. The van der Waals surface area contributed by atoms with E-state index >= 15 is 0 Å². The minimum Gasteiger partial charge on any atom is -0.467 e. The number of carbonyl (C=O) groups excluding carboxylic acids is 1. The highest BCUT2D eigenvalue weighted by molar-refractivity contribution is 7.91. The van der Waals surface area contributed by atoms with Gasteiger partial charge in [-0.3, -0.25) is 4.79 Å². The van der Waals surface area contributed by atoms with Gasteiger partial charge in [0.25, 0.3) is 5.91 Å². The highest BCUT2D eigenvalue weighted by Crippen LogP contribution is 2.25. The fourth-order valence-electron chi connectivity index (χ4n) is 3.11. The van der Waals surface area contributed by atoms with Crippen LogP contribution in [0.3, 0.4) is 0 Å². The van der Waals surface area contributed by atoms with Crippen molar-refractivity contribution in [1.29, 1.82) is 0 Å². The van der Waals surface area contributed by atoms with Crippen LogP contribution < -0.4 is 0 Å². The second-order valence-corrected chi connectivity index (χ2v) is 9.70. The Morgan fingerprint density at radius 1 is 0.875 bits per heavy atom. The summed E-state index contributed by atoms with van der Waals surface area (Å²) < 4.78 is 36.6. The van der Waals surface area contributed by atoms with Gasteiger partial charge in [-0.2, -0.15) is 0 Å². The monoisotopic (exact) mass is 489 g/mol. The smallest absolute Gasteiger partial charge is 0.290 e. The van der Waals surface area contributed by atoms with E-state index in [1.165, 1.54) is 47.6 Å². The lowest BCUT2D eigenvalue weighted by atomic mass is 10.2. The van der Waals surface area contributed by atoms with E-state index in [9.17, 15) is 13.2 Å². The fourth-order valence-corrected chi connectivity index (χ4v) is 4.62. The molecule has 6 nitrogen and oxygen atoms in total. The Labute approximate surface area is 194 Å². The second kappa shape index (κ2) is 9.24. The van der Waals surface area contributed by atoms with Gasteiger partial charge >= 0.3 is 0 Å². The van der Waals surface area contributed by atoms with Crippen molar-refractivity contribution in [1.82, 2.24) is 4.90 Å². The Morgan fingerprint density at radius 3 is 2.34 bits per heavy atom. The second-order valence-electron chi connectivity index (χ2n) is 6.95. The average Bonchev–Trinajstić information content (AvgIpc) is 3.46. The van der Waals surface area contributed by atoms with Crippen molar-refractivity contribution < 1.29 is 22.0 Å². The van der Waals surface area contributed by atoms with Crippen LogP contribution >= 0.6 is 23.2 Å². The minimum atomic E-state index is -3.94. The van der Waals surface area contributed by atoms with E-state index < -0.39 is 15.7 Å². The standard InChI is InChI=1S/C23H17Cl2NO5S/c24-17-6-8-20(9-7-17)32(28,29)22-11-10-21(31-22)23(27)26(15-19-5-2-12-30-19)14-16-3-1-4-18(25)13-16/h1-13H,14-15H2. The van der Waals surface area contributed by atoms with E-state index in [0.717, 1.165) is 5.56 Å². The summed E-state index contributed by atoms with van der Waals surface area (Å²) >= 11 is 11.9. The van der Waals surface area contributed by atoms with Gasteiger partial charge in [0.15, 0.2) is 5.76 Å². The van der Waals surface area contributed by atoms with Crippen molar-refractivity contribution in [2.75, 3.05) is 0 Å². The van der Waals surface area contributed by atoms with Crippen LogP contribution in [0.2, 0.25) is 10.0 Å². The first-order chi connectivity index (χ1) is 15.3. The Kier molecular flexibility index (Phi) is 6.41. The van der Waals surface area contributed by atoms with Gasteiger partial charge in [-0.1, -0.05) is 35.3 Å². The van der Waals surface area contributed by atoms with Crippen LogP contribution in [-0.2, 0) is 22.9 Å². The topological polar surface area (TPSA) is 80.7 Å². The summed E-state index contributed by atoms with van der Waals surface area (Å²) in [5.74, 6) is -0.0222. The lowest BCUT2D eigenvalue weighted by molar-refractivity contribution is 0.0679. The molecule has 0 aliphatic rings. The zero-order valence-corrected chi connectivity index (χ0v) is 18.9. The van der Waals surface area contributed by atoms with E-state index in [-0.39, 0.29) is 28.8 Å². The molecule has 1 amide bonds. The molecule has 32 heavy (non-hydrogen) atoms. The van der Waals surface area contributed by atoms with Gasteiger partial charge in [-0.15, -0.1) is 0 Å². The molecule has 2 aromatic heterocycles. The molecule has 0 aliphatic carbocycles. The third kappa shape index (κ3) is 4.91. The average molecular weight is 490 g/mol. The summed E-state index contributed by atoms with van der Waals surface area (Å²) in [5, 5.41) is 0.625. The van der Waals surface area contributed by atoms with Crippen molar-refractivity contribution in [2.24, 2.45) is 0 Å². The molecule has 0 spiro atoms. The number of carbonyl (C=O) groups is 1. The minimum absolute atomic E-state index is 0.0154. The summed E-state index contributed by atoms with van der Waals surface area (Å²) in [7, 11) is -3.94. The maximum absolute atomic E-state index is 13.2. The number of hydrogen-bond acceptors (Lipinski definition) is 5. The molecule has 2 heterocycles. The van der Waals surface area contributed by atoms with Crippen LogP contribution in [0, 0.1) is 0 Å². The third-order valence-corrected chi connectivity index (χ3v) is 6.79. The number of sulfone groups is 1. The van der Waals surface area contributed by atoms with Gasteiger partial charge in [0, 0.05) is 16.6 Å². The van der Waals surface area contributed by atoms with Crippen molar-refractivity contribution in [3.8, 4) is 0 Å². The molecule has 0 saturated carbocycles. The molecular formula is C23H17Cl2NO5S. The molecule has 0 fully saturated rings. The van der Waals surface area contributed by atoms with Crippen LogP contribution in [0.4, 0.5) is 0 Å². The number of furan rings is 2. The Hall–Kier alpha value is -3.00. The van der Waals surface area contributed by atoms with Crippen molar-refractivity contribution in [2.45, 2.75) is 23.1 Å². The molecule has 164 valence electrons. The molecule has 4 aromatic rings. The lowest BCUT2D eigenvalue weighted by Gasteiger charge is -2.21. The zero-order valence-electron chi connectivity index (χ0n) is 16.6. The summed E-state index contributed by atoms with van der Waals surface area (Å²) in [6, 6.07) is 18.9. The fraction of sp³-hybridized carbons (Fsp3) is 0.0870. The largest absolute Gasteiger partial charge is 0.467 e. The Bertz CT molecular complexity index is 1330. The van der Waals surface area contributed by atoms with Crippen LogP contribution in [0.1, 0.15) is 21.9 Å². The maximum Gasteiger partial charge on any atom is 0.290 e. The first-order valence-corrected chi connectivity index (χ1v) is 11.7. The number of benzene rings is 2. The molecule has 4 rings (SSSR count). The van der Waals surface area contributed by atoms with Gasteiger partial charge in [-0.25, -0.2) is 8.42 Å². The molecule has 0 atom stereocenters. The normalized spacial score (nSPS) is 11.4. The molecule has 0 bridgehead atoms. The van der Waals surface area contributed by atoms with Crippen molar-refractivity contribution in [3.63, 3.8) is 0 Å². The van der Waals surface area contributed by atoms with Crippen LogP contribution in [0.15, 0.2) is 97.9 Å². The molecule has 2 aromatic carbocycles. The first-order valence-electron chi connectivity index (χ1n) is 9.49. The van der Waals surface area contributed by atoms with Crippen LogP contribution in [0.5, 0.6) is 0 Å². The third-order valence-electron chi connectivity index (χ3n) is 4.66. The quantitative estimate of drug-likeness (QED) is 0.325. The Morgan fingerprint density at radius 2 is 1.66 bits per heavy atom. The number of nitrogens with zero attached hydrogens (tertiary/aromatic N) is 1. The summed E-state index contributed by atoms with van der Waals surface area (Å²) in [6.45, 7) is 0.387. The summed E-state index contributed by atoms with van der Waals surface area (Å²) in [6.07, 6.45) is 1.51. The molecule has 0 unspecified atom stereocenters. The summed E-state index contributed by atoms with van der Waals surface area (Å²) in [4.78, 5) is 14.7. The lowest BCUT2D eigenvalue weighted by Crippen LogP contribution is -2.29. The predicted molar refractivity (Wildman–Crippen MR) is 119 cm³/mol. The molecule has 0 aliphatic heterocycles. The number of hydrogen-bond donors (Lipinski definition) is 0. The highest BCUT2D eigenvalue weighted by Gasteiger charge is 2.26. The van der Waals surface area contributed by atoms with Gasteiger partial charge in [0.1, 0.15) is 5.76 Å². The Balaban J connectivity index is 1.62. The maximum atomic E-state index is 13.2. The van der Waals surface area contributed by atoms with E-state index in [1.807, 2.05) is 6.07 Å². The van der Waals surface area contributed by atoms with Gasteiger partial charge < -0.3 is 13.7 Å². The van der Waals surface area contributed by atoms with Crippen LogP contribution in [-0.4, -0.2) is 19.2 Å². The van der Waals surface area contributed by atoms with E-state index in [2.05, 4.69) is 0 Å². The van der Waals surface area contributed by atoms with E-state index in [0.29, 0.717) is 15.8 Å². The van der Waals surface area contributed by atoms with Crippen molar-refractivity contribution in [3.05, 3.63) is 106 Å². The van der Waals surface area contributed by atoms with Crippen LogP contribution in [0.25, 0.3) is 0 Å². The predicted octanol–water partition coefficient (Wildman–Crippen LogP) is 5.85. The van der Waals surface area contributed by atoms with Gasteiger partial charge in [0.2, 0.25) is 14.9 Å². The molecule has 9 heteroatoms. The molecular weight excluding hydrogens is 473 g/mol. The van der Waals surface area contributed by atoms with E-state index in [4.69, 9.17) is 32.0 Å². The van der Waals surface area contributed by atoms with Gasteiger partial charge in [-0.05, 0) is 66.2 Å². The molecule has 0 N–H and O–H groups in total. The molecule has 0 saturated heterocycles. The number of amides is 1. The highest BCUT2D eigenvalue weighted by atomic mass is 35.5. The van der Waals surface area contributed by atoms with Crippen molar-refractivity contribution >= 4 is 38.9 Å². The zero-order chi connectivity index (χ0) is 22.7. The SMILES string of the molecule is O=C(c1ccc(S(=O)(=O)c2ccc(Cl)cc2)o1)N(Cc1cccc(Cl)c1)Cc1ccco1. The summed E-state index contributed by atoms with van der Waals surface area (Å²) in [5.41, 5.74) is 0.804. The van der Waals surface area contributed by atoms with Gasteiger partial charge in [0.05, 0.1) is 17.7 Å². The van der Waals surface area contributed by atoms with E-state index in [1.54, 1.807) is 30.3 Å². The first kappa shape index (κ1) is 22.2. The number of halogens is 2. The number of rotatable bonds is 7.